The molecule has 3 heteroatoms. The van der Waals surface area contributed by atoms with Gasteiger partial charge in [0.1, 0.15) is 0 Å². The van der Waals surface area contributed by atoms with E-state index in [1.807, 2.05) is 18.2 Å². The Morgan fingerprint density at radius 2 is 2.14 bits per heavy atom. The topological polar surface area (TPSA) is 44.5 Å². The van der Waals surface area contributed by atoms with Gasteiger partial charge in [-0.05, 0) is 12.5 Å². The molecule has 1 aromatic carbocycles. The Balaban J connectivity index is 2.90. The molecule has 2 N–H and O–H groups in total. The molecule has 1 rings (SSSR count). The van der Waals surface area contributed by atoms with Crippen molar-refractivity contribution in [3.63, 3.8) is 0 Å². The minimum Gasteiger partial charge on any atom is -0.493 e. The lowest BCUT2D eigenvalue weighted by molar-refractivity contribution is 0.293. The summed E-state index contributed by atoms with van der Waals surface area (Å²) in [5, 5.41) is 0. The van der Waals surface area contributed by atoms with E-state index in [1.165, 1.54) is 0 Å². The molecule has 0 bridgehead atoms. The van der Waals surface area contributed by atoms with E-state index >= 15 is 0 Å². The fraction of sp³-hybridized carbons (Fsp3) is 0.455. The van der Waals surface area contributed by atoms with E-state index in [1.54, 1.807) is 7.11 Å². The minimum atomic E-state index is 0.465. The van der Waals surface area contributed by atoms with Crippen LogP contribution in [0.5, 0.6) is 11.5 Å². The SMILES string of the molecule is CCCOc1cccc(CN)c1OC. The lowest BCUT2D eigenvalue weighted by Gasteiger charge is -2.12. The van der Waals surface area contributed by atoms with Crippen LogP contribution in [0.4, 0.5) is 0 Å². The Kier molecular flexibility index (Phi) is 4.26. The first-order valence-electron chi connectivity index (χ1n) is 4.82. The van der Waals surface area contributed by atoms with Crippen LogP contribution in [0.1, 0.15) is 18.9 Å². The van der Waals surface area contributed by atoms with Crippen LogP contribution in [0.3, 0.4) is 0 Å². The van der Waals surface area contributed by atoms with E-state index in [-0.39, 0.29) is 0 Å². The zero-order valence-electron chi connectivity index (χ0n) is 8.75. The van der Waals surface area contributed by atoms with Gasteiger partial charge < -0.3 is 15.2 Å². The Morgan fingerprint density at radius 1 is 1.36 bits per heavy atom. The highest BCUT2D eigenvalue weighted by Gasteiger charge is 2.07. The molecule has 0 aliphatic heterocycles. The molecule has 0 amide bonds. The fourth-order valence-electron chi connectivity index (χ4n) is 1.28. The Bertz CT molecular complexity index is 287. The fourth-order valence-corrected chi connectivity index (χ4v) is 1.28. The number of ether oxygens (including phenoxy) is 2. The second kappa shape index (κ2) is 5.50. The van der Waals surface area contributed by atoms with E-state index in [9.17, 15) is 0 Å². The number of rotatable bonds is 5. The van der Waals surface area contributed by atoms with Gasteiger partial charge in [0.25, 0.3) is 0 Å². The highest BCUT2D eigenvalue weighted by Crippen LogP contribution is 2.30. The summed E-state index contributed by atoms with van der Waals surface area (Å²) < 4.78 is 10.8. The van der Waals surface area contributed by atoms with Crippen molar-refractivity contribution in [2.75, 3.05) is 13.7 Å². The van der Waals surface area contributed by atoms with Gasteiger partial charge >= 0.3 is 0 Å². The molecular weight excluding hydrogens is 178 g/mol. The van der Waals surface area contributed by atoms with E-state index in [0.29, 0.717) is 13.2 Å². The molecule has 0 atom stereocenters. The van der Waals surface area contributed by atoms with Crippen LogP contribution in [0.15, 0.2) is 18.2 Å². The molecule has 0 aliphatic rings. The molecule has 0 heterocycles. The van der Waals surface area contributed by atoms with Crippen molar-refractivity contribution in [2.45, 2.75) is 19.9 Å². The average molecular weight is 195 g/mol. The maximum Gasteiger partial charge on any atom is 0.165 e. The Labute approximate surface area is 84.8 Å². The van der Waals surface area contributed by atoms with Crippen molar-refractivity contribution >= 4 is 0 Å². The lowest BCUT2D eigenvalue weighted by atomic mass is 10.2. The molecule has 3 nitrogen and oxygen atoms in total. The predicted molar refractivity (Wildman–Crippen MR) is 56.7 cm³/mol. The highest BCUT2D eigenvalue weighted by atomic mass is 16.5. The molecule has 0 unspecified atom stereocenters. The van der Waals surface area contributed by atoms with E-state index in [0.717, 1.165) is 23.5 Å². The van der Waals surface area contributed by atoms with Gasteiger partial charge in [-0.1, -0.05) is 19.1 Å². The monoisotopic (exact) mass is 195 g/mol. The largest absolute Gasteiger partial charge is 0.493 e. The van der Waals surface area contributed by atoms with Crippen LogP contribution >= 0.6 is 0 Å². The molecule has 0 spiro atoms. The van der Waals surface area contributed by atoms with Crippen molar-refractivity contribution in [3.05, 3.63) is 23.8 Å². The van der Waals surface area contributed by atoms with Crippen molar-refractivity contribution in [2.24, 2.45) is 5.73 Å². The van der Waals surface area contributed by atoms with E-state index in [4.69, 9.17) is 15.2 Å². The molecule has 14 heavy (non-hydrogen) atoms. The first kappa shape index (κ1) is 10.9. The van der Waals surface area contributed by atoms with E-state index in [2.05, 4.69) is 6.92 Å². The summed E-state index contributed by atoms with van der Waals surface area (Å²) in [5.41, 5.74) is 6.56. The summed E-state index contributed by atoms with van der Waals surface area (Å²) in [7, 11) is 1.63. The van der Waals surface area contributed by atoms with Crippen LogP contribution in [0.25, 0.3) is 0 Å². The summed E-state index contributed by atoms with van der Waals surface area (Å²) >= 11 is 0. The zero-order valence-corrected chi connectivity index (χ0v) is 8.75. The number of hydrogen-bond acceptors (Lipinski definition) is 3. The number of hydrogen-bond donors (Lipinski definition) is 1. The Hall–Kier alpha value is -1.22. The van der Waals surface area contributed by atoms with Crippen molar-refractivity contribution in [3.8, 4) is 11.5 Å². The summed E-state index contributed by atoms with van der Waals surface area (Å²) in [6, 6.07) is 5.76. The maximum atomic E-state index is 5.59. The molecular formula is C11H17NO2. The lowest BCUT2D eigenvalue weighted by Crippen LogP contribution is -2.03. The molecule has 0 saturated carbocycles. The van der Waals surface area contributed by atoms with Gasteiger partial charge in [-0.25, -0.2) is 0 Å². The Morgan fingerprint density at radius 3 is 2.71 bits per heavy atom. The zero-order chi connectivity index (χ0) is 10.4. The first-order valence-corrected chi connectivity index (χ1v) is 4.82. The van der Waals surface area contributed by atoms with Crippen LogP contribution in [-0.2, 0) is 6.54 Å². The average Bonchev–Trinajstić information content (AvgIpc) is 2.25. The van der Waals surface area contributed by atoms with Crippen LogP contribution < -0.4 is 15.2 Å². The van der Waals surface area contributed by atoms with Gasteiger partial charge in [0.05, 0.1) is 13.7 Å². The van der Waals surface area contributed by atoms with Gasteiger partial charge in [-0.2, -0.15) is 0 Å². The number of methoxy groups -OCH3 is 1. The molecule has 1 aromatic rings. The highest BCUT2D eigenvalue weighted by molar-refractivity contribution is 5.46. The van der Waals surface area contributed by atoms with Gasteiger partial charge in [-0.15, -0.1) is 0 Å². The third-order valence-corrected chi connectivity index (χ3v) is 1.95. The number of para-hydroxylation sites is 1. The second-order valence-corrected chi connectivity index (χ2v) is 3.00. The normalized spacial score (nSPS) is 9.93. The van der Waals surface area contributed by atoms with E-state index < -0.39 is 0 Å². The van der Waals surface area contributed by atoms with Crippen LogP contribution in [0, 0.1) is 0 Å². The summed E-state index contributed by atoms with van der Waals surface area (Å²) in [5.74, 6) is 1.53. The molecule has 0 aliphatic carbocycles. The molecule has 0 aromatic heterocycles. The third kappa shape index (κ3) is 2.39. The number of benzene rings is 1. The molecule has 0 fully saturated rings. The van der Waals surface area contributed by atoms with Crippen LogP contribution in [0.2, 0.25) is 0 Å². The van der Waals surface area contributed by atoms with Gasteiger partial charge in [0, 0.05) is 12.1 Å². The van der Waals surface area contributed by atoms with Gasteiger partial charge in [0.2, 0.25) is 0 Å². The molecule has 0 radical (unpaired) electrons. The van der Waals surface area contributed by atoms with Gasteiger partial charge in [0.15, 0.2) is 11.5 Å². The predicted octanol–water partition coefficient (Wildman–Crippen LogP) is 1.94. The quantitative estimate of drug-likeness (QED) is 0.781. The van der Waals surface area contributed by atoms with Gasteiger partial charge in [-0.3, -0.25) is 0 Å². The summed E-state index contributed by atoms with van der Waals surface area (Å²) in [6.45, 7) is 3.23. The summed E-state index contributed by atoms with van der Waals surface area (Å²) in [6.07, 6.45) is 0.982. The molecule has 0 saturated heterocycles. The van der Waals surface area contributed by atoms with Crippen molar-refractivity contribution in [1.82, 2.24) is 0 Å². The standard InChI is InChI=1S/C11H17NO2/c1-3-7-14-10-6-4-5-9(8-12)11(10)13-2/h4-6H,3,7-8,12H2,1-2H3. The first-order chi connectivity index (χ1) is 6.83. The second-order valence-electron chi connectivity index (χ2n) is 3.00. The maximum absolute atomic E-state index is 5.59. The van der Waals surface area contributed by atoms with Crippen molar-refractivity contribution < 1.29 is 9.47 Å². The van der Waals surface area contributed by atoms with Crippen molar-refractivity contribution in [1.29, 1.82) is 0 Å². The van der Waals surface area contributed by atoms with Crippen LogP contribution in [-0.4, -0.2) is 13.7 Å². The molecule has 78 valence electrons. The number of nitrogens with two attached hydrogens (primary N) is 1. The third-order valence-electron chi connectivity index (χ3n) is 1.95. The summed E-state index contributed by atoms with van der Waals surface area (Å²) in [4.78, 5) is 0. The minimum absolute atomic E-state index is 0.465. The smallest absolute Gasteiger partial charge is 0.165 e.